The molecule has 1 aliphatic heterocycles. The summed E-state index contributed by atoms with van der Waals surface area (Å²) in [5, 5.41) is 12.9. The highest BCUT2D eigenvalue weighted by Gasteiger charge is 2.35. The summed E-state index contributed by atoms with van der Waals surface area (Å²) in [7, 11) is 0. The van der Waals surface area contributed by atoms with Crippen LogP contribution in [-0.2, 0) is 11.3 Å². The van der Waals surface area contributed by atoms with Crippen molar-refractivity contribution in [3.05, 3.63) is 70.4 Å². The van der Waals surface area contributed by atoms with Gasteiger partial charge in [0.25, 0.3) is 5.91 Å². The number of rotatable bonds is 5. The largest absolute Gasteiger partial charge is 0.508 e. The number of carbonyl (C=O) groups excluding carboxylic acids is 2. The van der Waals surface area contributed by atoms with Crippen LogP contribution in [-0.4, -0.2) is 39.4 Å². The van der Waals surface area contributed by atoms with Crippen molar-refractivity contribution in [2.75, 3.05) is 6.54 Å². The molecular formula is C24H25N3O3S. The predicted molar refractivity (Wildman–Crippen MR) is 121 cm³/mol. The zero-order chi connectivity index (χ0) is 22.0. The molecule has 2 N–H and O–H groups in total. The lowest BCUT2D eigenvalue weighted by atomic mass is 10.1. The van der Waals surface area contributed by atoms with Gasteiger partial charge in [0.05, 0.1) is 16.1 Å². The molecule has 4 rings (SSSR count). The minimum absolute atomic E-state index is 0.0861. The van der Waals surface area contributed by atoms with Crippen molar-refractivity contribution < 1.29 is 14.7 Å². The summed E-state index contributed by atoms with van der Waals surface area (Å²) in [6.07, 6.45) is 1.42. The van der Waals surface area contributed by atoms with Gasteiger partial charge in [0.15, 0.2) is 0 Å². The highest BCUT2D eigenvalue weighted by atomic mass is 32.1. The highest BCUT2D eigenvalue weighted by Crippen LogP contribution is 2.28. The second kappa shape index (κ2) is 8.89. The number of likely N-dealkylation sites (tertiary alicyclic amines) is 1. The number of benzene rings is 2. The third kappa shape index (κ3) is 4.32. The Morgan fingerprint density at radius 3 is 2.68 bits per heavy atom. The van der Waals surface area contributed by atoms with Crippen molar-refractivity contribution in [1.29, 1.82) is 0 Å². The van der Waals surface area contributed by atoms with Crippen LogP contribution in [0.25, 0.3) is 10.4 Å². The van der Waals surface area contributed by atoms with Crippen LogP contribution in [0.1, 0.15) is 40.0 Å². The molecule has 1 aliphatic rings. The first-order valence-electron chi connectivity index (χ1n) is 10.3. The molecule has 2 aromatic carbocycles. The van der Waals surface area contributed by atoms with Gasteiger partial charge in [0.1, 0.15) is 11.8 Å². The number of hydrogen-bond donors (Lipinski definition) is 2. The van der Waals surface area contributed by atoms with Crippen LogP contribution in [0.5, 0.6) is 5.75 Å². The van der Waals surface area contributed by atoms with Crippen LogP contribution < -0.4 is 5.32 Å². The van der Waals surface area contributed by atoms with Gasteiger partial charge >= 0.3 is 0 Å². The molecule has 0 aliphatic carbocycles. The Balaban J connectivity index is 1.40. The first kappa shape index (κ1) is 21.1. The van der Waals surface area contributed by atoms with Gasteiger partial charge in [-0.2, -0.15) is 0 Å². The maximum absolute atomic E-state index is 13.0. The number of hydrogen-bond acceptors (Lipinski definition) is 5. The van der Waals surface area contributed by atoms with E-state index in [-0.39, 0.29) is 17.6 Å². The van der Waals surface area contributed by atoms with Crippen LogP contribution in [0, 0.1) is 13.8 Å². The Bertz CT molecular complexity index is 1110. The van der Waals surface area contributed by atoms with E-state index in [0.717, 1.165) is 28.1 Å². The van der Waals surface area contributed by atoms with E-state index in [1.54, 1.807) is 41.4 Å². The zero-order valence-corrected chi connectivity index (χ0v) is 18.4. The monoisotopic (exact) mass is 435 g/mol. The Morgan fingerprint density at radius 1 is 1.19 bits per heavy atom. The summed E-state index contributed by atoms with van der Waals surface area (Å²) in [6.45, 7) is 4.65. The molecule has 1 aromatic heterocycles. The third-order valence-electron chi connectivity index (χ3n) is 5.78. The third-order valence-corrected chi connectivity index (χ3v) is 6.76. The molecule has 31 heavy (non-hydrogen) atoms. The molecule has 6 nitrogen and oxygen atoms in total. The molecule has 1 unspecified atom stereocenters. The molecule has 0 bridgehead atoms. The molecule has 3 aromatic rings. The zero-order valence-electron chi connectivity index (χ0n) is 17.6. The van der Waals surface area contributed by atoms with E-state index < -0.39 is 6.04 Å². The molecule has 0 radical (unpaired) electrons. The van der Waals surface area contributed by atoms with E-state index in [1.807, 2.05) is 36.7 Å². The quantitative estimate of drug-likeness (QED) is 0.633. The number of aromatic hydroxyl groups is 1. The van der Waals surface area contributed by atoms with Gasteiger partial charge in [-0.1, -0.05) is 30.3 Å². The Labute approximate surface area is 185 Å². The predicted octanol–water partition coefficient (Wildman–Crippen LogP) is 4.05. The molecule has 1 fully saturated rings. The Morgan fingerprint density at radius 2 is 1.97 bits per heavy atom. The molecular weight excluding hydrogens is 410 g/mol. The van der Waals surface area contributed by atoms with Crippen molar-refractivity contribution in [3.63, 3.8) is 0 Å². The summed E-state index contributed by atoms with van der Waals surface area (Å²) < 4.78 is 0. The number of aromatic nitrogens is 1. The fraction of sp³-hybridized carbons (Fsp3) is 0.292. The summed E-state index contributed by atoms with van der Waals surface area (Å²) in [5.74, 6) is -0.274. The van der Waals surface area contributed by atoms with E-state index in [9.17, 15) is 14.7 Å². The molecule has 2 amide bonds. The number of nitrogens with one attached hydrogen (secondary N) is 1. The van der Waals surface area contributed by atoms with Gasteiger partial charge in [-0.15, -0.1) is 11.3 Å². The minimum atomic E-state index is -0.492. The van der Waals surface area contributed by atoms with Crippen molar-refractivity contribution in [3.8, 4) is 16.2 Å². The van der Waals surface area contributed by atoms with E-state index in [0.29, 0.717) is 30.6 Å². The van der Waals surface area contributed by atoms with Crippen molar-refractivity contribution in [2.24, 2.45) is 0 Å². The molecule has 0 saturated carbocycles. The van der Waals surface area contributed by atoms with Gasteiger partial charge in [-0.05, 0) is 49.9 Å². The average molecular weight is 436 g/mol. The number of amides is 2. The lowest BCUT2D eigenvalue weighted by molar-refractivity contribution is -0.125. The SMILES string of the molecule is Cc1ncsc1-c1ccc(CNC(=O)C2CCCN2C(=O)c2cccc(O)c2C)cc1. The fourth-order valence-electron chi connectivity index (χ4n) is 3.95. The number of thiazole rings is 1. The van der Waals surface area contributed by atoms with Crippen molar-refractivity contribution >= 4 is 23.2 Å². The van der Waals surface area contributed by atoms with Gasteiger partial charge in [0, 0.05) is 24.2 Å². The number of nitrogens with zero attached hydrogens (tertiary/aromatic N) is 2. The summed E-state index contributed by atoms with van der Waals surface area (Å²) >= 11 is 1.61. The van der Waals surface area contributed by atoms with Gasteiger partial charge < -0.3 is 15.3 Å². The van der Waals surface area contributed by atoms with Gasteiger partial charge in [-0.3, -0.25) is 9.59 Å². The van der Waals surface area contributed by atoms with E-state index in [4.69, 9.17) is 0 Å². The van der Waals surface area contributed by atoms with Crippen LogP contribution >= 0.6 is 11.3 Å². The minimum Gasteiger partial charge on any atom is -0.508 e. The number of phenolic OH excluding ortho intramolecular Hbond substituents is 1. The smallest absolute Gasteiger partial charge is 0.254 e. The van der Waals surface area contributed by atoms with Gasteiger partial charge in [-0.25, -0.2) is 4.98 Å². The summed E-state index contributed by atoms with van der Waals surface area (Å²) in [5.41, 5.74) is 5.94. The second-order valence-corrected chi connectivity index (χ2v) is 8.64. The van der Waals surface area contributed by atoms with Crippen LogP contribution in [0.15, 0.2) is 48.0 Å². The average Bonchev–Trinajstić information content (AvgIpc) is 3.43. The van der Waals surface area contributed by atoms with Crippen LogP contribution in [0.2, 0.25) is 0 Å². The maximum atomic E-state index is 13.0. The van der Waals surface area contributed by atoms with E-state index >= 15 is 0 Å². The van der Waals surface area contributed by atoms with Crippen molar-refractivity contribution in [2.45, 2.75) is 39.3 Å². The number of phenols is 1. The fourth-order valence-corrected chi connectivity index (χ4v) is 4.76. The van der Waals surface area contributed by atoms with Crippen LogP contribution in [0.4, 0.5) is 0 Å². The van der Waals surface area contributed by atoms with Crippen molar-refractivity contribution in [1.82, 2.24) is 15.2 Å². The second-order valence-electron chi connectivity index (χ2n) is 7.79. The van der Waals surface area contributed by atoms with Gasteiger partial charge in [0.2, 0.25) is 5.91 Å². The van der Waals surface area contributed by atoms with E-state index in [2.05, 4.69) is 10.3 Å². The molecule has 1 atom stereocenters. The normalized spacial score (nSPS) is 15.8. The molecule has 160 valence electrons. The lowest BCUT2D eigenvalue weighted by Crippen LogP contribution is -2.45. The molecule has 1 saturated heterocycles. The summed E-state index contributed by atoms with van der Waals surface area (Å²) in [4.78, 5) is 32.9. The molecule has 0 spiro atoms. The maximum Gasteiger partial charge on any atom is 0.254 e. The Hall–Kier alpha value is -3.19. The summed E-state index contributed by atoms with van der Waals surface area (Å²) in [6, 6.07) is 12.5. The lowest BCUT2D eigenvalue weighted by Gasteiger charge is -2.25. The first-order valence-corrected chi connectivity index (χ1v) is 11.2. The van der Waals surface area contributed by atoms with Crippen LogP contribution in [0.3, 0.4) is 0 Å². The first-order chi connectivity index (χ1) is 15.0. The number of carbonyl (C=O) groups is 2. The Kier molecular flexibility index (Phi) is 6.04. The molecule has 7 heteroatoms. The standard InChI is InChI=1S/C24H25N3O3S/c1-15-19(5-3-7-21(15)28)24(30)27-12-4-6-20(27)23(29)25-13-17-8-10-18(11-9-17)22-16(2)26-14-31-22/h3,5,7-11,14,20,28H,4,6,12-13H2,1-2H3,(H,25,29). The molecule has 2 heterocycles. The highest BCUT2D eigenvalue weighted by molar-refractivity contribution is 7.13. The number of aryl methyl sites for hydroxylation is 1. The van der Waals surface area contributed by atoms with E-state index in [1.165, 1.54) is 0 Å². The topological polar surface area (TPSA) is 82.5 Å².